The Balaban J connectivity index is 2.48. The predicted molar refractivity (Wildman–Crippen MR) is 58.4 cm³/mol. The Morgan fingerprint density at radius 1 is 1.41 bits per heavy atom. The highest BCUT2D eigenvalue weighted by molar-refractivity contribution is 5.85. The van der Waals surface area contributed by atoms with Gasteiger partial charge in [0.05, 0.1) is 0 Å². The Morgan fingerprint density at radius 3 is 2.76 bits per heavy atom. The summed E-state index contributed by atoms with van der Waals surface area (Å²) in [6.07, 6.45) is -1.80. The van der Waals surface area contributed by atoms with Gasteiger partial charge in [-0.25, -0.2) is 4.39 Å². The second-order valence-corrected chi connectivity index (χ2v) is 3.73. The molecule has 0 saturated carbocycles. The molecule has 0 fully saturated rings. The van der Waals surface area contributed by atoms with Crippen LogP contribution in [0.2, 0.25) is 0 Å². The molecule has 1 aromatic heterocycles. The molecule has 5 nitrogen and oxygen atoms in total. The van der Waals surface area contributed by atoms with Gasteiger partial charge in [-0.1, -0.05) is 0 Å². The highest BCUT2D eigenvalue weighted by atomic mass is 19.1. The van der Waals surface area contributed by atoms with Gasteiger partial charge in [-0.15, -0.1) is 0 Å². The average Bonchev–Trinajstić information content (AvgIpc) is 2.69. The Kier molecular flexibility index (Phi) is 2.83. The monoisotopic (exact) mass is 238 g/mol. The third-order valence-corrected chi connectivity index (χ3v) is 2.59. The summed E-state index contributed by atoms with van der Waals surface area (Å²) in [5.41, 5.74) is 5.71. The van der Waals surface area contributed by atoms with Crippen LogP contribution < -0.4 is 5.73 Å². The predicted octanol–water partition coefficient (Wildman–Crippen LogP) is 0.187. The first-order chi connectivity index (χ1) is 8.00. The van der Waals surface area contributed by atoms with E-state index in [0.29, 0.717) is 10.9 Å². The number of nitrogens with one attached hydrogen (secondary N) is 1. The molecule has 90 valence electrons. The van der Waals surface area contributed by atoms with E-state index in [2.05, 4.69) is 4.98 Å². The van der Waals surface area contributed by atoms with Gasteiger partial charge in [0, 0.05) is 22.7 Å². The second kappa shape index (κ2) is 4.15. The fourth-order valence-electron chi connectivity index (χ4n) is 1.68. The first-order valence-corrected chi connectivity index (χ1v) is 4.92. The molecule has 2 rings (SSSR count). The molecule has 1 aromatic carbocycles. The van der Waals surface area contributed by atoms with Crippen LogP contribution in [0.3, 0.4) is 0 Å². The third kappa shape index (κ3) is 2.00. The van der Waals surface area contributed by atoms with Crippen LogP contribution >= 0.6 is 0 Å². The summed E-state index contributed by atoms with van der Waals surface area (Å²) in [6.45, 7) is 0. The number of nitrogens with two attached hydrogens (primary N) is 1. The number of hydrogen-bond acceptors (Lipinski definition) is 3. The summed E-state index contributed by atoms with van der Waals surface area (Å²) in [7, 11) is 0. The van der Waals surface area contributed by atoms with Gasteiger partial charge in [-0.2, -0.15) is 0 Å². The zero-order valence-electron chi connectivity index (χ0n) is 8.72. The lowest BCUT2D eigenvalue weighted by Crippen LogP contribution is -2.33. The number of fused-ring (bicyclic) bond motifs is 1. The van der Waals surface area contributed by atoms with Crippen LogP contribution in [-0.2, 0) is 4.79 Å². The van der Waals surface area contributed by atoms with Gasteiger partial charge in [0.2, 0.25) is 5.91 Å². The highest BCUT2D eigenvalue weighted by Gasteiger charge is 2.25. The van der Waals surface area contributed by atoms with Gasteiger partial charge in [-0.05, 0) is 18.2 Å². The fourth-order valence-corrected chi connectivity index (χ4v) is 1.68. The van der Waals surface area contributed by atoms with Crippen molar-refractivity contribution in [2.45, 2.75) is 12.2 Å². The SMILES string of the molecule is NC(=O)C(O)C(O)c1c[nH]c2ccc(F)cc12. The van der Waals surface area contributed by atoms with Crippen molar-refractivity contribution in [1.29, 1.82) is 0 Å². The quantitative estimate of drug-likeness (QED) is 0.614. The Bertz CT molecular complexity index is 567. The summed E-state index contributed by atoms with van der Waals surface area (Å²) in [6, 6.07) is 3.97. The molecule has 0 aliphatic carbocycles. The smallest absolute Gasteiger partial charge is 0.249 e. The lowest BCUT2D eigenvalue weighted by atomic mass is 10.0. The molecular formula is C11H11FN2O3. The number of aliphatic hydroxyl groups is 2. The van der Waals surface area contributed by atoms with Gasteiger partial charge >= 0.3 is 0 Å². The number of benzene rings is 1. The molecule has 0 bridgehead atoms. The van der Waals surface area contributed by atoms with E-state index in [4.69, 9.17) is 5.73 Å². The topological polar surface area (TPSA) is 99.3 Å². The van der Waals surface area contributed by atoms with Gasteiger partial charge < -0.3 is 20.9 Å². The summed E-state index contributed by atoms with van der Waals surface area (Å²) < 4.78 is 13.1. The number of primary amides is 1. The largest absolute Gasteiger partial charge is 0.385 e. The summed E-state index contributed by atoms with van der Waals surface area (Å²) in [5.74, 6) is -1.51. The number of aromatic nitrogens is 1. The molecule has 0 saturated heterocycles. The first-order valence-electron chi connectivity index (χ1n) is 4.92. The van der Waals surface area contributed by atoms with Crippen LogP contribution in [0.4, 0.5) is 4.39 Å². The third-order valence-electron chi connectivity index (χ3n) is 2.59. The Hall–Kier alpha value is -1.92. The number of aliphatic hydroxyl groups excluding tert-OH is 2. The highest BCUT2D eigenvalue weighted by Crippen LogP contribution is 2.26. The van der Waals surface area contributed by atoms with Crippen LogP contribution in [0, 0.1) is 5.82 Å². The van der Waals surface area contributed by atoms with Gasteiger partial charge in [0.1, 0.15) is 11.9 Å². The molecule has 0 spiro atoms. The number of halogens is 1. The van der Waals surface area contributed by atoms with Crippen molar-refractivity contribution in [3.63, 3.8) is 0 Å². The molecule has 0 radical (unpaired) electrons. The Labute approximate surface area is 95.7 Å². The second-order valence-electron chi connectivity index (χ2n) is 3.73. The molecule has 2 unspecified atom stereocenters. The Morgan fingerprint density at radius 2 is 2.12 bits per heavy atom. The van der Waals surface area contributed by atoms with Crippen molar-refractivity contribution in [3.05, 3.63) is 35.8 Å². The van der Waals surface area contributed by atoms with Crippen molar-refractivity contribution in [3.8, 4) is 0 Å². The van der Waals surface area contributed by atoms with Crippen LogP contribution in [0.1, 0.15) is 11.7 Å². The molecule has 1 amide bonds. The van der Waals surface area contributed by atoms with E-state index in [9.17, 15) is 19.4 Å². The van der Waals surface area contributed by atoms with E-state index < -0.39 is 23.9 Å². The normalized spacial score (nSPS) is 14.8. The number of hydrogen-bond donors (Lipinski definition) is 4. The maximum Gasteiger partial charge on any atom is 0.249 e. The lowest BCUT2D eigenvalue weighted by molar-refractivity contribution is -0.131. The van der Waals surface area contributed by atoms with E-state index in [1.807, 2.05) is 0 Å². The van der Waals surface area contributed by atoms with Crippen LogP contribution in [-0.4, -0.2) is 27.2 Å². The van der Waals surface area contributed by atoms with E-state index in [1.165, 1.54) is 24.4 Å². The van der Waals surface area contributed by atoms with Gasteiger partial charge in [-0.3, -0.25) is 4.79 Å². The molecule has 0 aliphatic rings. The molecule has 5 N–H and O–H groups in total. The molecule has 6 heteroatoms. The number of amides is 1. The van der Waals surface area contributed by atoms with Gasteiger partial charge in [0.15, 0.2) is 6.10 Å². The molecule has 2 aromatic rings. The minimum absolute atomic E-state index is 0.228. The zero-order chi connectivity index (χ0) is 12.6. The van der Waals surface area contributed by atoms with E-state index >= 15 is 0 Å². The van der Waals surface area contributed by atoms with Crippen molar-refractivity contribution in [2.24, 2.45) is 5.73 Å². The minimum atomic E-state index is -1.72. The number of carbonyl (C=O) groups is 1. The van der Waals surface area contributed by atoms with E-state index in [1.54, 1.807) is 0 Å². The molecule has 0 aliphatic heterocycles. The lowest BCUT2D eigenvalue weighted by Gasteiger charge is -2.13. The minimum Gasteiger partial charge on any atom is -0.385 e. The standard InChI is InChI=1S/C11H11FN2O3/c12-5-1-2-8-6(3-5)7(4-14-8)9(15)10(16)11(13)17/h1-4,9-10,14-16H,(H2,13,17). The first kappa shape index (κ1) is 11.6. The number of carbonyl (C=O) groups excluding carboxylic acids is 1. The summed E-state index contributed by atoms with van der Waals surface area (Å²) >= 11 is 0. The maximum absolute atomic E-state index is 13.1. The molecule has 1 heterocycles. The summed E-state index contributed by atoms with van der Waals surface area (Å²) in [5, 5.41) is 19.5. The van der Waals surface area contributed by atoms with Crippen LogP contribution in [0.5, 0.6) is 0 Å². The zero-order valence-corrected chi connectivity index (χ0v) is 8.72. The van der Waals surface area contributed by atoms with Crippen molar-refractivity contribution in [2.75, 3.05) is 0 Å². The average molecular weight is 238 g/mol. The van der Waals surface area contributed by atoms with Crippen molar-refractivity contribution in [1.82, 2.24) is 4.98 Å². The molecular weight excluding hydrogens is 227 g/mol. The summed E-state index contributed by atoms with van der Waals surface area (Å²) in [4.78, 5) is 13.6. The van der Waals surface area contributed by atoms with Crippen LogP contribution in [0.25, 0.3) is 10.9 Å². The maximum atomic E-state index is 13.1. The molecule has 2 atom stereocenters. The van der Waals surface area contributed by atoms with E-state index in [-0.39, 0.29) is 5.56 Å². The van der Waals surface area contributed by atoms with Gasteiger partial charge in [0.25, 0.3) is 0 Å². The van der Waals surface area contributed by atoms with Crippen LogP contribution in [0.15, 0.2) is 24.4 Å². The fraction of sp³-hybridized carbons (Fsp3) is 0.182. The number of aromatic amines is 1. The number of H-pyrrole nitrogens is 1. The van der Waals surface area contributed by atoms with Crippen molar-refractivity contribution >= 4 is 16.8 Å². The van der Waals surface area contributed by atoms with Crippen molar-refractivity contribution < 1.29 is 19.4 Å². The number of rotatable bonds is 3. The molecule has 17 heavy (non-hydrogen) atoms. The van der Waals surface area contributed by atoms with E-state index in [0.717, 1.165) is 0 Å².